The molecule has 170 valence electrons. The van der Waals surface area contributed by atoms with Crippen molar-refractivity contribution < 1.29 is 22.7 Å². The molecule has 0 bridgehead atoms. The minimum atomic E-state index is -4.36. The van der Waals surface area contributed by atoms with Crippen LogP contribution in [-0.4, -0.2) is 48.2 Å². The minimum absolute atomic E-state index is 0.0766. The molecule has 1 amide bonds. The van der Waals surface area contributed by atoms with Gasteiger partial charge in [-0.3, -0.25) is 9.69 Å². The van der Waals surface area contributed by atoms with E-state index in [1.54, 1.807) is 0 Å². The van der Waals surface area contributed by atoms with Crippen LogP contribution in [0.5, 0.6) is 5.19 Å². The number of carbonyl (C=O) groups is 1. The highest BCUT2D eigenvalue weighted by Gasteiger charge is 2.30. The van der Waals surface area contributed by atoms with Gasteiger partial charge in [-0.05, 0) is 48.7 Å². The van der Waals surface area contributed by atoms with Gasteiger partial charge < -0.3 is 10.1 Å². The molecule has 1 aromatic heterocycles. The van der Waals surface area contributed by atoms with Crippen molar-refractivity contribution in [2.75, 3.05) is 26.2 Å². The van der Waals surface area contributed by atoms with Crippen molar-refractivity contribution in [2.24, 2.45) is 0 Å². The average molecular weight is 464 g/mol. The highest BCUT2D eigenvalue weighted by Crippen LogP contribution is 2.30. The number of nitrogens with one attached hydrogen (secondary N) is 1. The van der Waals surface area contributed by atoms with Crippen LogP contribution in [0.3, 0.4) is 0 Å². The molecule has 0 spiro atoms. The predicted molar refractivity (Wildman–Crippen MR) is 118 cm³/mol. The number of alkyl halides is 3. The normalized spacial score (nSPS) is 14.3. The molecule has 0 unspecified atom stereocenters. The molecule has 0 radical (unpaired) electrons. The maximum Gasteiger partial charge on any atom is 0.422 e. The molecule has 3 aromatic rings. The van der Waals surface area contributed by atoms with Crippen LogP contribution in [0, 0.1) is 0 Å². The third-order valence-electron chi connectivity index (χ3n) is 5.34. The second-order valence-corrected chi connectivity index (χ2v) is 8.85. The number of unbranched alkanes of at least 4 members (excludes halogenated alkanes) is 1. The summed E-state index contributed by atoms with van der Waals surface area (Å²) in [5.74, 6) is -0.0766. The fourth-order valence-corrected chi connectivity index (χ4v) is 4.63. The number of carbonyl (C=O) groups excluding carboxylic acids is 1. The summed E-state index contributed by atoms with van der Waals surface area (Å²) in [5.41, 5.74) is 1.46. The van der Waals surface area contributed by atoms with E-state index in [-0.39, 0.29) is 11.1 Å². The standard InChI is InChI=1S/C23H24F3N3O2S/c24-23(25,26)15-31-22-28-19-14-29(12-9-20(19)32-22)11-4-3-10-27-21(30)18-8-7-16-5-1-2-6-17(16)13-18/h1-2,5-8,13H,3-4,9-12,14-15H2,(H,27,30). The van der Waals surface area contributed by atoms with E-state index in [0.29, 0.717) is 18.7 Å². The first-order valence-corrected chi connectivity index (χ1v) is 11.4. The van der Waals surface area contributed by atoms with E-state index < -0.39 is 12.8 Å². The summed E-state index contributed by atoms with van der Waals surface area (Å²) in [5, 5.41) is 5.20. The Hall–Kier alpha value is -2.65. The highest BCUT2D eigenvalue weighted by molar-refractivity contribution is 7.13. The van der Waals surface area contributed by atoms with Crippen LogP contribution in [-0.2, 0) is 13.0 Å². The van der Waals surface area contributed by atoms with Gasteiger partial charge in [-0.2, -0.15) is 13.2 Å². The zero-order chi connectivity index (χ0) is 22.6. The number of fused-ring (bicyclic) bond motifs is 2. The van der Waals surface area contributed by atoms with E-state index >= 15 is 0 Å². The van der Waals surface area contributed by atoms with Crippen molar-refractivity contribution in [3.63, 3.8) is 0 Å². The molecule has 5 nitrogen and oxygen atoms in total. The Morgan fingerprint density at radius 2 is 1.97 bits per heavy atom. The summed E-state index contributed by atoms with van der Waals surface area (Å²) in [6, 6.07) is 13.6. The van der Waals surface area contributed by atoms with Crippen molar-refractivity contribution in [3.05, 3.63) is 58.6 Å². The van der Waals surface area contributed by atoms with Crippen LogP contribution in [0.25, 0.3) is 10.8 Å². The highest BCUT2D eigenvalue weighted by atomic mass is 32.1. The molecule has 2 heterocycles. The molecule has 9 heteroatoms. The first kappa shape index (κ1) is 22.5. The number of ether oxygens (including phenoxy) is 1. The number of benzene rings is 2. The van der Waals surface area contributed by atoms with Crippen LogP contribution in [0.4, 0.5) is 13.2 Å². The van der Waals surface area contributed by atoms with Gasteiger partial charge in [0.15, 0.2) is 6.61 Å². The minimum Gasteiger partial charge on any atom is -0.460 e. The van der Waals surface area contributed by atoms with Crippen LogP contribution >= 0.6 is 11.3 Å². The van der Waals surface area contributed by atoms with Gasteiger partial charge in [0, 0.05) is 30.1 Å². The molecular formula is C23H24F3N3O2S. The lowest BCUT2D eigenvalue weighted by Crippen LogP contribution is -2.31. The number of aromatic nitrogens is 1. The van der Waals surface area contributed by atoms with Crippen molar-refractivity contribution in [2.45, 2.75) is 32.0 Å². The Balaban J connectivity index is 1.18. The van der Waals surface area contributed by atoms with Crippen molar-refractivity contribution in [3.8, 4) is 5.19 Å². The van der Waals surface area contributed by atoms with Crippen molar-refractivity contribution in [1.82, 2.24) is 15.2 Å². The quantitative estimate of drug-likeness (QED) is 0.488. The summed E-state index contributed by atoms with van der Waals surface area (Å²) in [7, 11) is 0. The topological polar surface area (TPSA) is 54.5 Å². The number of hydrogen-bond donors (Lipinski definition) is 1. The maximum absolute atomic E-state index is 12.4. The zero-order valence-corrected chi connectivity index (χ0v) is 18.3. The lowest BCUT2D eigenvalue weighted by atomic mass is 10.1. The molecule has 0 aliphatic carbocycles. The summed E-state index contributed by atoms with van der Waals surface area (Å²) >= 11 is 1.20. The van der Waals surface area contributed by atoms with E-state index in [1.165, 1.54) is 11.3 Å². The maximum atomic E-state index is 12.4. The molecule has 1 aliphatic rings. The molecule has 0 atom stereocenters. The number of rotatable bonds is 8. The van der Waals surface area contributed by atoms with Gasteiger partial charge in [0.2, 0.25) is 0 Å². The second-order valence-electron chi connectivity index (χ2n) is 7.80. The van der Waals surface area contributed by atoms with Gasteiger partial charge in [0.25, 0.3) is 11.1 Å². The van der Waals surface area contributed by atoms with Gasteiger partial charge in [0.1, 0.15) is 0 Å². The van der Waals surface area contributed by atoms with E-state index in [9.17, 15) is 18.0 Å². The van der Waals surface area contributed by atoms with E-state index in [2.05, 4.69) is 15.2 Å². The van der Waals surface area contributed by atoms with Crippen LogP contribution in [0.1, 0.15) is 33.8 Å². The van der Waals surface area contributed by atoms with Gasteiger partial charge in [-0.15, -0.1) is 0 Å². The van der Waals surface area contributed by atoms with Gasteiger partial charge in [0.05, 0.1) is 5.69 Å². The molecule has 1 aliphatic heterocycles. The summed E-state index contributed by atoms with van der Waals surface area (Å²) < 4.78 is 41.7. The molecule has 0 fully saturated rings. The van der Waals surface area contributed by atoms with Crippen molar-refractivity contribution in [1.29, 1.82) is 0 Å². The van der Waals surface area contributed by atoms with Crippen molar-refractivity contribution >= 4 is 28.0 Å². The first-order chi connectivity index (χ1) is 15.4. The Morgan fingerprint density at radius 3 is 2.78 bits per heavy atom. The molecule has 32 heavy (non-hydrogen) atoms. The molecule has 0 saturated carbocycles. The number of hydrogen-bond acceptors (Lipinski definition) is 5. The summed E-state index contributed by atoms with van der Waals surface area (Å²) in [4.78, 5) is 19.9. The van der Waals surface area contributed by atoms with Crippen LogP contribution in [0.15, 0.2) is 42.5 Å². The summed E-state index contributed by atoms with van der Waals surface area (Å²) in [6.45, 7) is 1.59. The van der Waals surface area contributed by atoms with E-state index in [1.807, 2.05) is 42.5 Å². The average Bonchev–Trinajstić information content (AvgIpc) is 3.19. The van der Waals surface area contributed by atoms with E-state index in [0.717, 1.165) is 53.7 Å². The molecule has 1 N–H and O–H groups in total. The fourth-order valence-electron chi connectivity index (χ4n) is 3.72. The van der Waals surface area contributed by atoms with Gasteiger partial charge >= 0.3 is 6.18 Å². The molecule has 2 aromatic carbocycles. The monoisotopic (exact) mass is 463 g/mol. The predicted octanol–water partition coefficient (Wildman–Crippen LogP) is 4.81. The Labute approximate surface area is 188 Å². The number of thiazole rings is 1. The number of nitrogens with zero attached hydrogens (tertiary/aromatic N) is 2. The summed E-state index contributed by atoms with van der Waals surface area (Å²) in [6.07, 6.45) is -1.84. The third-order valence-corrected chi connectivity index (χ3v) is 6.41. The molecule has 4 rings (SSSR count). The van der Waals surface area contributed by atoms with Gasteiger partial charge in [-0.1, -0.05) is 41.7 Å². The smallest absolute Gasteiger partial charge is 0.422 e. The lowest BCUT2D eigenvalue weighted by molar-refractivity contribution is -0.153. The first-order valence-electron chi connectivity index (χ1n) is 10.5. The lowest BCUT2D eigenvalue weighted by Gasteiger charge is -2.25. The van der Waals surface area contributed by atoms with Crippen LogP contribution < -0.4 is 10.1 Å². The number of halogens is 3. The Morgan fingerprint density at radius 1 is 1.16 bits per heavy atom. The van der Waals surface area contributed by atoms with Crippen LogP contribution in [0.2, 0.25) is 0 Å². The molecular weight excluding hydrogens is 439 g/mol. The second kappa shape index (κ2) is 9.87. The Bertz CT molecular complexity index is 1080. The third kappa shape index (κ3) is 5.98. The van der Waals surface area contributed by atoms with Gasteiger partial charge in [-0.25, -0.2) is 4.98 Å². The largest absolute Gasteiger partial charge is 0.460 e. The molecule has 0 saturated heterocycles. The Kier molecular flexibility index (Phi) is 6.95. The fraction of sp³-hybridized carbons (Fsp3) is 0.391. The SMILES string of the molecule is O=C(NCCCCN1CCc2sc(OCC(F)(F)F)nc2C1)c1ccc2ccccc2c1. The number of amides is 1. The van der Waals surface area contributed by atoms with E-state index in [4.69, 9.17) is 4.74 Å². The zero-order valence-electron chi connectivity index (χ0n) is 17.5.